The van der Waals surface area contributed by atoms with E-state index in [4.69, 9.17) is 16.3 Å². The van der Waals surface area contributed by atoms with Crippen molar-refractivity contribution in [1.29, 1.82) is 0 Å². The van der Waals surface area contributed by atoms with Crippen LogP contribution < -0.4 is 14.4 Å². The van der Waals surface area contributed by atoms with E-state index in [9.17, 15) is 18.0 Å². The number of amides is 2. The van der Waals surface area contributed by atoms with Crippen LogP contribution in [0.5, 0.6) is 5.75 Å². The first-order valence-corrected chi connectivity index (χ1v) is 14.0. The number of carbonyl (C=O) groups is 2. The molecule has 0 aliphatic carbocycles. The Kier molecular flexibility index (Phi) is 9.77. The Morgan fingerprint density at radius 3 is 2.21 bits per heavy atom. The summed E-state index contributed by atoms with van der Waals surface area (Å²) >= 11 is 6.34. The molecule has 8 nitrogen and oxygen atoms in total. The molecule has 2 amide bonds. The van der Waals surface area contributed by atoms with E-state index in [1.54, 1.807) is 67.6 Å². The van der Waals surface area contributed by atoms with Crippen molar-refractivity contribution in [2.45, 2.75) is 38.3 Å². The molecule has 1 N–H and O–H groups in total. The number of halogens is 1. The fraction of sp³-hybridized carbons (Fsp3) is 0.286. The van der Waals surface area contributed by atoms with Crippen molar-refractivity contribution in [3.05, 3.63) is 88.9 Å². The second-order valence-corrected chi connectivity index (χ2v) is 10.9. The van der Waals surface area contributed by atoms with Crippen molar-refractivity contribution in [3.8, 4) is 5.75 Å². The quantitative estimate of drug-likeness (QED) is 0.377. The zero-order valence-corrected chi connectivity index (χ0v) is 23.4. The fourth-order valence-corrected chi connectivity index (χ4v) is 5.45. The van der Waals surface area contributed by atoms with Gasteiger partial charge in [0.25, 0.3) is 10.0 Å². The Labute approximate surface area is 229 Å². The summed E-state index contributed by atoms with van der Waals surface area (Å²) in [5, 5.41) is 2.99. The van der Waals surface area contributed by atoms with Gasteiger partial charge in [-0.3, -0.25) is 13.9 Å². The van der Waals surface area contributed by atoms with Crippen LogP contribution in [0, 0.1) is 6.92 Å². The van der Waals surface area contributed by atoms with E-state index in [2.05, 4.69) is 5.32 Å². The molecule has 3 rings (SSSR count). The number of anilines is 1. The summed E-state index contributed by atoms with van der Waals surface area (Å²) in [4.78, 5) is 27.7. The van der Waals surface area contributed by atoms with Gasteiger partial charge in [-0.2, -0.15) is 0 Å². The van der Waals surface area contributed by atoms with Crippen LogP contribution >= 0.6 is 11.6 Å². The molecule has 202 valence electrons. The SMILES string of the molecule is CCOc1ccc(N(CC(=O)N(Cc2ccccc2Cl)C(C)C(=O)NC)S(=O)(=O)c2ccc(C)cc2)cc1. The Bertz CT molecular complexity index is 1360. The van der Waals surface area contributed by atoms with Gasteiger partial charge in [0.15, 0.2) is 0 Å². The number of carbonyl (C=O) groups excluding carboxylic acids is 2. The maximum Gasteiger partial charge on any atom is 0.264 e. The molecule has 0 saturated heterocycles. The fourth-order valence-electron chi connectivity index (χ4n) is 3.84. The van der Waals surface area contributed by atoms with Crippen LogP contribution in [0.3, 0.4) is 0 Å². The van der Waals surface area contributed by atoms with Crippen LogP contribution in [0.4, 0.5) is 5.69 Å². The number of likely N-dealkylation sites (N-methyl/N-ethyl adjacent to an activating group) is 1. The Hall–Kier alpha value is -3.56. The highest BCUT2D eigenvalue weighted by Gasteiger charge is 2.32. The Morgan fingerprint density at radius 2 is 1.63 bits per heavy atom. The minimum Gasteiger partial charge on any atom is -0.494 e. The second-order valence-electron chi connectivity index (χ2n) is 8.65. The van der Waals surface area contributed by atoms with E-state index in [-0.39, 0.29) is 23.0 Å². The third-order valence-electron chi connectivity index (χ3n) is 6.04. The lowest BCUT2D eigenvalue weighted by Gasteiger charge is -2.32. The van der Waals surface area contributed by atoms with E-state index in [1.807, 2.05) is 13.8 Å². The maximum atomic E-state index is 13.8. The highest BCUT2D eigenvalue weighted by atomic mass is 35.5. The first kappa shape index (κ1) is 29.0. The highest BCUT2D eigenvalue weighted by Crippen LogP contribution is 2.27. The van der Waals surface area contributed by atoms with Gasteiger partial charge in [0.05, 0.1) is 17.2 Å². The molecule has 0 radical (unpaired) electrons. The Morgan fingerprint density at radius 1 is 1.00 bits per heavy atom. The number of hydrogen-bond donors (Lipinski definition) is 1. The number of nitrogens with one attached hydrogen (secondary N) is 1. The third-order valence-corrected chi connectivity index (χ3v) is 8.19. The van der Waals surface area contributed by atoms with Gasteiger partial charge < -0.3 is 15.0 Å². The minimum atomic E-state index is -4.14. The number of benzene rings is 3. The van der Waals surface area contributed by atoms with Crippen molar-refractivity contribution in [1.82, 2.24) is 10.2 Å². The summed E-state index contributed by atoms with van der Waals surface area (Å²) < 4.78 is 34.2. The molecule has 3 aromatic rings. The number of rotatable bonds is 11. The molecule has 10 heteroatoms. The Balaban J connectivity index is 2.04. The lowest BCUT2D eigenvalue weighted by Crippen LogP contribution is -2.50. The molecular weight excluding hydrogens is 526 g/mol. The van der Waals surface area contributed by atoms with E-state index in [1.165, 1.54) is 24.1 Å². The number of hydrogen-bond acceptors (Lipinski definition) is 5. The summed E-state index contributed by atoms with van der Waals surface area (Å²) in [5.41, 5.74) is 1.82. The topological polar surface area (TPSA) is 96.0 Å². The largest absolute Gasteiger partial charge is 0.494 e. The number of nitrogens with zero attached hydrogens (tertiary/aromatic N) is 2. The van der Waals surface area contributed by atoms with Crippen LogP contribution in [0.2, 0.25) is 5.02 Å². The average molecular weight is 558 g/mol. The van der Waals surface area contributed by atoms with Gasteiger partial charge >= 0.3 is 0 Å². The molecule has 0 aliphatic rings. The smallest absolute Gasteiger partial charge is 0.264 e. The van der Waals surface area contributed by atoms with Gasteiger partial charge in [-0.15, -0.1) is 0 Å². The van der Waals surface area contributed by atoms with Crippen molar-refractivity contribution in [3.63, 3.8) is 0 Å². The maximum absolute atomic E-state index is 13.8. The lowest BCUT2D eigenvalue weighted by molar-refractivity contribution is -0.139. The molecule has 0 spiro atoms. The van der Waals surface area contributed by atoms with Crippen LogP contribution in [0.15, 0.2) is 77.7 Å². The molecule has 0 aromatic heterocycles. The van der Waals surface area contributed by atoms with Crippen LogP contribution in [0.25, 0.3) is 0 Å². The number of sulfonamides is 1. The van der Waals surface area contributed by atoms with Crippen molar-refractivity contribution >= 4 is 39.1 Å². The number of ether oxygens (including phenoxy) is 1. The zero-order chi connectivity index (χ0) is 27.9. The molecule has 3 aromatic carbocycles. The van der Waals surface area contributed by atoms with Crippen molar-refractivity contribution < 1.29 is 22.7 Å². The highest BCUT2D eigenvalue weighted by molar-refractivity contribution is 7.92. The van der Waals surface area contributed by atoms with Crippen LogP contribution in [-0.2, 0) is 26.2 Å². The molecule has 0 aliphatic heterocycles. The predicted octanol–water partition coefficient (Wildman–Crippen LogP) is 4.41. The summed E-state index contributed by atoms with van der Waals surface area (Å²) in [7, 11) is -2.66. The average Bonchev–Trinajstić information content (AvgIpc) is 2.91. The van der Waals surface area contributed by atoms with E-state index in [0.717, 1.165) is 9.87 Å². The van der Waals surface area contributed by atoms with Crippen molar-refractivity contribution in [2.24, 2.45) is 0 Å². The molecule has 1 unspecified atom stereocenters. The zero-order valence-electron chi connectivity index (χ0n) is 21.8. The summed E-state index contributed by atoms with van der Waals surface area (Å²) in [6.45, 7) is 5.24. The molecule has 0 bridgehead atoms. The van der Waals surface area contributed by atoms with Gasteiger partial charge in [0.2, 0.25) is 11.8 Å². The molecule has 0 fully saturated rings. The third kappa shape index (κ3) is 6.85. The number of aryl methyl sites for hydroxylation is 1. The molecule has 0 heterocycles. The molecule has 38 heavy (non-hydrogen) atoms. The summed E-state index contributed by atoms with van der Waals surface area (Å²) in [6, 6.07) is 19.0. The van der Waals surface area contributed by atoms with Crippen molar-refractivity contribution in [2.75, 3.05) is 24.5 Å². The molecule has 0 saturated carbocycles. The lowest BCUT2D eigenvalue weighted by atomic mass is 10.1. The normalized spacial score (nSPS) is 11.9. The summed E-state index contributed by atoms with van der Waals surface area (Å²) in [6.07, 6.45) is 0. The van der Waals surface area contributed by atoms with Gasteiger partial charge in [-0.1, -0.05) is 47.5 Å². The second kappa shape index (κ2) is 12.8. The monoisotopic (exact) mass is 557 g/mol. The molecule has 1 atom stereocenters. The minimum absolute atomic E-state index is 0.0226. The van der Waals surface area contributed by atoms with E-state index >= 15 is 0 Å². The standard InChI is InChI=1S/C28H32ClN3O5S/c1-5-37-24-14-12-23(13-15-24)32(38(35,36)25-16-10-20(2)11-17-25)19-27(33)31(21(3)28(34)30-4)18-22-8-6-7-9-26(22)29/h6-17,21H,5,18-19H2,1-4H3,(H,30,34). The van der Waals surface area contributed by atoms with Crippen LogP contribution in [0.1, 0.15) is 25.0 Å². The predicted molar refractivity (Wildman–Crippen MR) is 149 cm³/mol. The van der Waals surface area contributed by atoms with Gasteiger partial charge in [0.1, 0.15) is 18.3 Å². The first-order chi connectivity index (χ1) is 18.1. The first-order valence-electron chi connectivity index (χ1n) is 12.1. The van der Waals surface area contributed by atoms with Gasteiger partial charge in [-0.25, -0.2) is 8.42 Å². The molecular formula is C28H32ClN3O5S. The van der Waals surface area contributed by atoms with Crippen LogP contribution in [-0.4, -0.2) is 51.4 Å². The van der Waals surface area contributed by atoms with E-state index < -0.39 is 28.5 Å². The van der Waals surface area contributed by atoms with Gasteiger partial charge in [-0.05, 0) is 68.8 Å². The van der Waals surface area contributed by atoms with E-state index in [0.29, 0.717) is 22.9 Å². The van der Waals surface area contributed by atoms with Gasteiger partial charge in [0, 0.05) is 18.6 Å². The summed E-state index contributed by atoms with van der Waals surface area (Å²) in [5.74, 6) is -0.381.